The lowest BCUT2D eigenvalue weighted by molar-refractivity contribution is 0.561. The Balaban J connectivity index is 2.63. The smallest absolute Gasteiger partial charge is 0.336 e. The molecule has 0 saturated carbocycles. The Morgan fingerprint density at radius 1 is 1.12 bits per heavy atom. The van der Waals surface area contributed by atoms with Gasteiger partial charge in [-0.05, 0) is 36.8 Å². The summed E-state index contributed by atoms with van der Waals surface area (Å²) in [7, 11) is 0. The summed E-state index contributed by atoms with van der Waals surface area (Å²) in [4.78, 5) is 15.4. The molecule has 78 valence electrons. The molecule has 0 saturated heterocycles. The fourth-order valence-corrected chi connectivity index (χ4v) is 1.97. The number of hydrogen-bond donors (Lipinski definition) is 0. The zero-order valence-corrected chi connectivity index (χ0v) is 8.73. The SMILES string of the molecule is Cc1ccnc2ccc3oc(=O)ccc3c12. The Labute approximate surface area is 91.3 Å². The zero-order valence-electron chi connectivity index (χ0n) is 8.73. The summed E-state index contributed by atoms with van der Waals surface area (Å²) in [5.41, 5.74) is 2.33. The van der Waals surface area contributed by atoms with Crippen molar-refractivity contribution in [3.05, 3.63) is 52.5 Å². The fourth-order valence-electron chi connectivity index (χ4n) is 1.97. The average molecular weight is 211 g/mol. The highest BCUT2D eigenvalue weighted by Crippen LogP contribution is 2.25. The van der Waals surface area contributed by atoms with E-state index in [1.807, 2.05) is 19.1 Å². The van der Waals surface area contributed by atoms with Crippen LogP contribution >= 0.6 is 0 Å². The quantitative estimate of drug-likeness (QED) is 0.424. The molecule has 0 N–H and O–H groups in total. The molecule has 3 rings (SSSR count). The number of rotatable bonds is 0. The first-order valence-electron chi connectivity index (χ1n) is 5.04. The van der Waals surface area contributed by atoms with Crippen LogP contribution < -0.4 is 5.63 Å². The maximum atomic E-state index is 11.1. The molecule has 0 bridgehead atoms. The minimum absolute atomic E-state index is 0.326. The molecule has 3 aromatic rings. The van der Waals surface area contributed by atoms with E-state index in [1.54, 1.807) is 18.3 Å². The van der Waals surface area contributed by atoms with Crippen LogP contribution in [0.2, 0.25) is 0 Å². The number of aryl methyl sites for hydroxylation is 1. The fraction of sp³-hybridized carbons (Fsp3) is 0.0769. The van der Waals surface area contributed by atoms with Crippen LogP contribution in [0, 0.1) is 6.92 Å². The molecule has 3 heteroatoms. The van der Waals surface area contributed by atoms with Crippen LogP contribution in [0.15, 0.2) is 45.7 Å². The van der Waals surface area contributed by atoms with Crippen molar-refractivity contribution in [3.8, 4) is 0 Å². The molecule has 0 fully saturated rings. The Kier molecular flexibility index (Phi) is 1.80. The third kappa shape index (κ3) is 1.21. The second-order valence-corrected chi connectivity index (χ2v) is 3.75. The summed E-state index contributed by atoms with van der Waals surface area (Å²) in [6.07, 6.45) is 1.78. The third-order valence-electron chi connectivity index (χ3n) is 2.71. The number of nitrogens with zero attached hydrogens (tertiary/aromatic N) is 1. The van der Waals surface area contributed by atoms with Gasteiger partial charge in [-0.3, -0.25) is 4.98 Å². The van der Waals surface area contributed by atoms with Gasteiger partial charge in [0.1, 0.15) is 5.58 Å². The first kappa shape index (κ1) is 9.09. The normalized spacial score (nSPS) is 11.1. The number of pyridine rings is 1. The lowest BCUT2D eigenvalue weighted by Crippen LogP contribution is -1.95. The van der Waals surface area contributed by atoms with Crippen LogP contribution in [-0.4, -0.2) is 4.98 Å². The molecule has 0 aliphatic heterocycles. The van der Waals surface area contributed by atoms with E-state index in [0.29, 0.717) is 5.58 Å². The van der Waals surface area contributed by atoms with E-state index in [2.05, 4.69) is 4.98 Å². The molecule has 1 aromatic carbocycles. The van der Waals surface area contributed by atoms with Gasteiger partial charge in [-0.25, -0.2) is 4.79 Å². The maximum absolute atomic E-state index is 11.1. The minimum Gasteiger partial charge on any atom is -0.423 e. The van der Waals surface area contributed by atoms with Crippen LogP contribution in [0.1, 0.15) is 5.56 Å². The van der Waals surface area contributed by atoms with Gasteiger partial charge in [-0.2, -0.15) is 0 Å². The standard InChI is InChI=1S/C13H9NO2/c1-8-6-7-14-10-3-4-11-9(13(8)10)2-5-12(15)16-11/h2-7H,1H3. The first-order chi connectivity index (χ1) is 7.75. The van der Waals surface area contributed by atoms with Crippen LogP contribution in [0.3, 0.4) is 0 Å². The van der Waals surface area contributed by atoms with Crippen molar-refractivity contribution in [1.82, 2.24) is 4.98 Å². The highest BCUT2D eigenvalue weighted by atomic mass is 16.4. The van der Waals surface area contributed by atoms with E-state index in [1.165, 1.54) is 6.07 Å². The topological polar surface area (TPSA) is 43.1 Å². The van der Waals surface area contributed by atoms with Crippen molar-refractivity contribution in [2.24, 2.45) is 0 Å². The van der Waals surface area contributed by atoms with E-state index >= 15 is 0 Å². The molecule has 0 atom stereocenters. The Hall–Kier alpha value is -2.16. The van der Waals surface area contributed by atoms with Crippen molar-refractivity contribution in [3.63, 3.8) is 0 Å². The first-order valence-corrected chi connectivity index (χ1v) is 5.04. The van der Waals surface area contributed by atoms with Gasteiger partial charge in [0.25, 0.3) is 0 Å². The molecule has 0 aliphatic rings. The number of hydrogen-bond acceptors (Lipinski definition) is 3. The predicted molar refractivity (Wildman–Crippen MR) is 62.5 cm³/mol. The van der Waals surface area contributed by atoms with Crippen molar-refractivity contribution < 1.29 is 4.42 Å². The molecule has 2 aromatic heterocycles. The monoisotopic (exact) mass is 211 g/mol. The van der Waals surface area contributed by atoms with Gasteiger partial charge in [0, 0.05) is 23.0 Å². The van der Waals surface area contributed by atoms with Gasteiger partial charge in [0.05, 0.1) is 5.52 Å². The van der Waals surface area contributed by atoms with E-state index in [9.17, 15) is 4.79 Å². The molecule has 3 nitrogen and oxygen atoms in total. The number of benzene rings is 1. The Morgan fingerprint density at radius 2 is 2.00 bits per heavy atom. The lowest BCUT2D eigenvalue weighted by atomic mass is 10.1. The summed E-state index contributed by atoms with van der Waals surface area (Å²) in [6.45, 7) is 2.02. The van der Waals surface area contributed by atoms with Crippen LogP contribution in [0.4, 0.5) is 0 Å². The summed E-state index contributed by atoms with van der Waals surface area (Å²) >= 11 is 0. The highest BCUT2D eigenvalue weighted by molar-refractivity contribution is 6.05. The highest BCUT2D eigenvalue weighted by Gasteiger charge is 2.05. The molecule has 0 spiro atoms. The molecular formula is C13H9NO2. The van der Waals surface area contributed by atoms with Gasteiger partial charge in [0.2, 0.25) is 0 Å². The minimum atomic E-state index is -0.326. The lowest BCUT2D eigenvalue weighted by Gasteiger charge is -2.04. The van der Waals surface area contributed by atoms with Gasteiger partial charge >= 0.3 is 5.63 Å². The zero-order chi connectivity index (χ0) is 11.1. The van der Waals surface area contributed by atoms with Gasteiger partial charge in [-0.15, -0.1) is 0 Å². The van der Waals surface area contributed by atoms with Gasteiger partial charge in [0.15, 0.2) is 0 Å². The summed E-state index contributed by atoms with van der Waals surface area (Å²) in [5, 5.41) is 1.98. The molecule has 2 heterocycles. The molecule has 0 amide bonds. The molecule has 0 aliphatic carbocycles. The van der Waals surface area contributed by atoms with Crippen LogP contribution in [0.5, 0.6) is 0 Å². The van der Waals surface area contributed by atoms with E-state index in [4.69, 9.17) is 4.42 Å². The van der Waals surface area contributed by atoms with Gasteiger partial charge in [-0.1, -0.05) is 0 Å². The number of aromatic nitrogens is 1. The van der Waals surface area contributed by atoms with Crippen molar-refractivity contribution in [2.75, 3.05) is 0 Å². The van der Waals surface area contributed by atoms with E-state index < -0.39 is 0 Å². The summed E-state index contributed by atoms with van der Waals surface area (Å²) < 4.78 is 5.14. The van der Waals surface area contributed by atoms with Crippen LogP contribution in [0.25, 0.3) is 21.9 Å². The van der Waals surface area contributed by atoms with E-state index in [0.717, 1.165) is 21.9 Å². The molecule has 16 heavy (non-hydrogen) atoms. The Morgan fingerprint density at radius 3 is 2.88 bits per heavy atom. The third-order valence-corrected chi connectivity index (χ3v) is 2.71. The molecular weight excluding hydrogens is 202 g/mol. The summed E-state index contributed by atoms with van der Waals surface area (Å²) in [5.74, 6) is 0. The second kappa shape index (κ2) is 3.17. The summed E-state index contributed by atoms with van der Waals surface area (Å²) in [6, 6.07) is 8.83. The molecule has 0 radical (unpaired) electrons. The largest absolute Gasteiger partial charge is 0.423 e. The predicted octanol–water partition coefficient (Wildman–Crippen LogP) is 2.65. The number of fused-ring (bicyclic) bond motifs is 3. The van der Waals surface area contributed by atoms with Crippen LogP contribution in [-0.2, 0) is 0 Å². The van der Waals surface area contributed by atoms with Gasteiger partial charge < -0.3 is 4.42 Å². The average Bonchev–Trinajstić information content (AvgIpc) is 2.29. The van der Waals surface area contributed by atoms with Crippen molar-refractivity contribution in [2.45, 2.75) is 6.92 Å². The Bertz CT molecular complexity index is 744. The second-order valence-electron chi connectivity index (χ2n) is 3.75. The molecule has 0 unspecified atom stereocenters. The maximum Gasteiger partial charge on any atom is 0.336 e. The van der Waals surface area contributed by atoms with Crippen molar-refractivity contribution >= 4 is 21.9 Å². The van der Waals surface area contributed by atoms with E-state index in [-0.39, 0.29) is 5.63 Å². The van der Waals surface area contributed by atoms with Crippen molar-refractivity contribution in [1.29, 1.82) is 0 Å².